The van der Waals surface area contributed by atoms with E-state index in [0.717, 1.165) is 0 Å². The molecule has 2 aromatic carbocycles. The Labute approximate surface area is 659 Å². The van der Waals surface area contributed by atoms with E-state index in [1.54, 1.807) is 58.0 Å². The average Bonchev–Trinajstić information content (AvgIpc) is 0.973. The van der Waals surface area contributed by atoms with E-state index in [4.69, 9.17) is 28.0 Å². The van der Waals surface area contributed by atoms with Crippen LogP contribution in [0.1, 0.15) is 108 Å². The van der Waals surface area contributed by atoms with Crippen molar-refractivity contribution in [2.45, 2.75) is 184 Å². The second-order valence-electron chi connectivity index (χ2n) is 27.1. The standard InChI is InChI=1S/C71H103N21O21S/c1-5-37(4)59(71(113)89-47(23-39-14-16-42(94)17-15-39)65(107)83-45(21-36(2)3)63(105)87-50(26-54(74)95)60(102)78-31-58(100)101)92-69(111)52(32-93)90-66(108)48(24-40-29-76-34-79-40)86-68(110)51(27-55(75)96)88-70(112)53(33-114)91-67(109)49(25-41-30-77-35-80-41)85-61(103)43(13-9-10-20-72)82-64(106)46(22-38-11-7-6-8-12-38)84-62(104)44(18-19-57(98)99)81-56(97)28-73/h6-8,11-12,14-17,29-30,34-37,43-53,59,93-94,114H,5,9-10,13,18-28,31-33,72-73H2,1-4H3,(H2,74,95)(H2,75,96)(H,76,79)(H,77,80)(H,78,102)(H,81,97)(H,82,106)(H,83,107)(H,84,104)(H,85,103)(H,86,110)(H,87,105)(H,88,112)(H,89,113)(H,90,108)(H,91,109)(H,92,111)(H,98,99)(H,100,101)/t37-,43-,44-,45-,46-,47-,48-,49-,50-,51-,52-,53-,59-/m0/s1. The van der Waals surface area contributed by atoms with Crippen LogP contribution in [0.25, 0.3) is 0 Å². The number of nitrogens with one attached hydrogen (secondary N) is 15. The number of benzene rings is 2. The van der Waals surface area contributed by atoms with E-state index in [9.17, 15) is 96.8 Å². The number of aromatic amines is 2. The molecule has 27 N–H and O–H groups in total. The molecule has 0 saturated heterocycles. The van der Waals surface area contributed by atoms with Crippen molar-refractivity contribution in [1.29, 1.82) is 0 Å². The van der Waals surface area contributed by atoms with Gasteiger partial charge in [0.05, 0.1) is 38.6 Å². The summed E-state index contributed by atoms with van der Waals surface area (Å²) >= 11 is 4.27. The van der Waals surface area contributed by atoms with Crippen molar-refractivity contribution in [3.05, 3.63) is 102 Å². The van der Waals surface area contributed by atoms with Gasteiger partial charge in [-0.25, -0.2) is 9.97 Å². The van der Waals surface area contributed by atoms with Gasteiger partial charge in [0.25, 0.3) is 0 Å². The second kappa shape index (κ2) is 48.6. The minimum absolute atomic E-state index is 0.0949. The summed E-state index contributed by atoms with van der Waals surface area (Å²) in [5.41, 5.74) is 23.5. The smallest absolute Gasteiger partial charge is 0.322 e. The van der Waals surface area contributed by atoms with Crippen molar-refractivity contribution in [3.8, 4) is 5.75 Å². The summed E-state index contributed by atoms with van der Waals surface area (Å²) in [7, 11) is 0. The fourth-order valence-electron chi connectivity index (χ4n) is 11.2. The normalized spacial score (nSPS) is 14.5. The van der Waals surface area contributed by atoms with Gasteiger partial charge < -0.3 is 122 Å². The van der Waals surface area contributed by atoms with Crippen LogP contribution in [0.4, 0.5) is 0 Å². The number of unbranched alkanes of at least 4 members (excludes halogenated alkanes) is 1. The van der Waals surface area contributed by atoms with Crippen LogP contribution in [0, 0.1) is 11.8 Å². The third kappa shape index (κ3) is 33.4. The first-order valence-electron chi connectivity index (χ1n) is 36.4. The highest BCUT2D eigenvalue weighted by atomic mass is 32.1. The summed E-state index contributed by atoms with van der Waals surface area (Å²) in [4.78, 5) is 244. The van der Waals surface area contributed by atoms with Gasteiger partial charge in [-0.3, -0.25) is 81.5 Å². The number of aliphatic hydroxyl groups excluding tert-OH is 1. The summed E-state index contributed by atoms with van der Waals surface area (Å²) in [6.45, 7) is 4.13. The molecule has 15 amide bonds. The molecule has 13 atom stereocenters. The number of hydrogen-bond donors (Lipinski definition) is 24. The Morgan fingerprint density at radius 2 is 0.877 bits per heavy atom. The van der Waals surface area contributed by atoms with E-state index in [2.05, 4.69) is 96.4 Å². The maximum Gasteiger partial charge on any atom is 0.322 e. The molecule has 0 aliphatic heterocycles. The fraction of sp³-hybridized carbons (Fsp3) is 0.507. The number of aromatic nitrogens is 4. The van der Waals surface area contributed by atoms with Gasteiger partial charge in [0.1, 0.15) is 84.8 Å². The number of carbonyl (C=O) groups is 17. The third-order valence-corrected chi connectivity index (χ3v) is 17.8. The molecule has 2 aromatic heterocycles. The number of aliphatic hydroxyl groups is 1. The lowest BCUT2D eigenvalue weighted by atomic mass is 9.96. The number of aromatic hydroxyl groups is 1. The van der Waals surface area contributed by atoms with Gasteiger partial charge in [0, 0.05) is 61.6 Å². The maximum absolute atomic E-state index is 14.6. The van der Waals surface area contributed by atoms with E-state index >= 15 is 0 Å². The van der Waals surface area contributed by atoms with Crippen LogP contribution >= 0.6 is 12.6 Å². The predicted molar refractivity (Wildman–Crippen MR) is 407 cm³/mol. The Morgan fingerprint density at radius 1 is 0.465 bits per heavy atom. The van der Waals surface area contributed by atoms with Crippen molar-refractivity contribution in [2.75, 3.05) is 32.0 Å². The Balaban J connectivity index is 1.60. The molecule has 0 radical (unpaired) electrons. The third-order valence-electron chi connectivity index (χ3n) is 17.5. The van der Waals surface area contributed by atoms with Gasteiger partial charge in [0.2, 0.25) is 88.6 Å². The Hall–Kier alpha value is -12.1. The first-order valence-corrected chi connectivity index (χ1v) is 37.0. The van der Waals surface area contributed by atoms with Crippen LogP contribution in [0.3, 0.4) is 0 Å². The second-order valence-corrected chi connectivity index (χ2v) is 27.5. The van der Waals surface area contributed by atoms with E-state index in [-0.39, 0.29) is 74.5 Å². The number of nitrogens with two attached hydrogens (primary N) is 4. The summed E-state index contributed by atoms with van der Waals surface area (Å²) in [6.07, 6.45) is 1.65. The van der Waals surface area contributed by atoms with E-state index in [0.29, 0.717) is 17.5 Å². The molecule has 0 saturated carbocycles. The van der Waals surface area contributed by atoms with Gasteiger partial charge in [-0.2, -0.15) is 12.6 Å². The number of thiol groups is 1. The van der Waals surface area contributed by atoms with Crippen molar-refractivity contribution < 1.29 is 102 Å². The van der Waals surface area contributed by atoms with Crippen molar-refractivity contribution in [2.24, 2.45) is 34.8 Å². The van der Waals surface area contributed by atoms with Gasteiger partial charge >= 0.3 is 11.9 Å². The maximum atomic E-state index is 14.6. The van der Waals surface area contributed by atoms with Crippen LogP contribution in [0.5, 0.6) is 5.75 Å². The molecule has 2 heterocycles. The highest BCUT2D eigenvalue weighted by Gasteiger charge is 2.39. The summed E-state index contributed by atoms with van der Waals surface area (Å²) in [6, 6.07) is -5.93. The summed E-state index contributed by atoms with van der Waals surface area (Å²) < 4.78 is 0. The van der Waals surface area contributed by atoms with Gasteiger partial charge in [-0.1, -0.05) is 76.6 Å². The number of hydrogen-bond acceptors (Lipinski definition) is 24. The molecule has 43 heteroatoms. The largest absolute Gasteiger partial charge is 0.508 e. The molecule has 114 heavy (non-hydrogen) atoms. The number of rotatable bonds is 52. The minimum atomic E-state index is -1.95. The first kappa shape index (κ1) is 94.3. The molecule has 0 aliphatic rings. The van der Waals surface area contributed by atoms with Crippen LogP contribution in [0.2, 0.25) is 0 Å². The summed E-state index contributed by atoms with van der Waals surface area (Å²) in [5, 5.41) is 70.9. The molecule has 0 spiro atoms. The van der Waals surface area contributed by atoms with Gasteiger partial charge in [-0.15, -0.1) is 0 Å². The van der Waals surface area contributed by atoms with E-state index < -0.39 is 237 Å². The zero-order valence-corrected chi connectivity index (χ0v) is 64.1. The SMILES string of the molecule is CC[C@H](C)[C@H](NC(=O)[C@H](CO)NC(=O)[C@H](Cc1cnc[nH]1)NC(=O)[C@H](CC(N)=O)NC(=O)[C@H](CS)NC(=O)[C@H](Cc1cnc[nH]1)NC(=O)[C@H](CCCCN)NC(=O)[C@H](Cc1ccccc1)NC(=O)[C@H](CCC(=O)O)NC(=O)CN)C(=O)N[C@@H](Cc1ccc(O)cc1)C(=O)N[C@@H](CC(C)C)C(=O)N[C@@H](CC(N)=O)C(=O)NCC(=O)O. The number of aliphatic carboxylic acids is 2. The number of H-pyrrole nitrogens is 2. The van der Waals surface area contributed by atoms with Crippen LogP contribution in [-0.2, 0) is 107 Å². The zero-order valence-electron chi connectivity index (χ0n) is 63.2. The quantitative estimate of drug-likeness (QED) is 0.0144. The number of carboxylic acid groups (broad SMARTS) is 2. The minimum Gasteiger partial charge on any atom is -0.508 e. The molecule has 4 rings (SSSR count). The number of nitrogens with zero attached hydrogens (tertiary/aromatic N) is 2. The molecule has 0 unspecified atom stereocenters. The van der Waals surface area contributed by atoms with Crippen molar-refractivity contribution in [3.63, 3.8) is 0 Å². The monoisotopic (exact) mass is 1620 g/mol. The number of phenolic OH excluding ortho intramolecular Hbond substituents is 1. The molecule has 4 aromatic rings. The number of primary amides is 2. The van der Waals surface area contributed by atoms with Crippen LogP contribution in [0.15, 0.2) is 79.6 Å². The lowest BCUT2D eigenvalue weighted by molar-refractivity contribution is -0.139. The Kier molecular flexibility index (Phi) is 40.2. The van der Waals surface area contributed by atoms with Crippen LogP contribution < -0.4 is 92.1 Å². The number of carbonyl (C=O) groups excluding carboxylic acids is 15. The Bertz CT molecular complexity index is 3910. The van der Waals surface area contributed by atoms with Crippen molar-refractivity contribution in [1.82, 2.24) is 89.1 Å². The average molecular weight is 1620 g/mol. The molecule has 0 aliphatic carbocycles. The lowest BCUT2D eigenvalue weighted by Gasteiger charge is -2.29. The van der Waals surface area contributed by atoms with Crippen LogP contribution in [-0.4, -0.2) is 245 Å². The Morgan fingerprint density at radius 3 is 1.32 bits per heavy atom. The number of carboxylic acids is 2. The first-order chi connectivity index (χ1) is 54.1. The zero-order chi connectivity index (χ0) is 84.7. The van der Waals surface area contributed by atoms with Crippen molar-refractivity contribution >= 4 is 113 Å². The number of phenols is 1. The molecule has 0 fully saturated rings. The van der Waals surface area contributed by atoms with Gasteiger partial charge in [0.15, 0.2) is 0 Å². The van der Waals surface area contributed by atoms with E-state index in [1.807, 2.05) is 5.32 Å². The highest BCUT2D eigenvalue weighted by Crippen LogP contribution is 2.17. The fourth-order valence-corrected chi connectivity index (χ4v) is 11.5. The lowest BCUT2D eigenvalue weighted by Crippen LogP contribution is -2.62. The molecule has 624 valence electrons. The predicted octanol–water partition coefficient (Wildman–Crippen LogP) is -7.15. The molecular formula is C71H103N21O21S. The number of imidazole rings is 2. The summed E-state index contributed by atoms with van der Waals surface area (Å²) in [5.74, 6) is -20.3. The topological polar surface area (TPSA) is 689 Å². The van der Waals surface area contributed by atoms with E-state index in [1.165, 1.54) is 49.3 Å². The molecule has 42 nitrogen and oxygen atoms in total. The van der Waals surface area contributed by atoms with Gasteiger partial charge in [-0.05, 0) is 73.7 Å². The number of amides is 15. The molecular weight excluding hydrogens is 1510 g/mol. The highest BCUT2D eigenvalue weighted by molar-refractivity contribution is 7.80. The molecule has 0 bridgehead atoms.